The van der Waals surface area contributed by atoms with Crippen LogP contribution in [0.3, 0.4) is 0 Å². The Hall–Kier alpha value is -3.08. The Morgan fingerprint density at radius 2 is 1.42 bits per heavy atom. The smallest absolute Gasteiger partial charge is 0.278 e. The van der Waals surface area contributed by atoms with Gasteiger partial charge in [0.25, 0.3) is 5.56 Å². The van der Waals surface area contributed by atoms with Crippen LogP contribution in [0.15, 0.2) is 65.5 Å². The molecule has 0 spiro atoms. The summed E-state index contributed by atoms with van der Waals surface area (Å²) < 4.78 is 2.91. The zero-order chi connectivity index (χ0) is 17.1. The zero-order valence-corrected chi connectivity index (χ0v) is 13.3. The maximum absolute atomic E-state index is 12.9. The predicted octanol–water partition coefficient (Wildman–Crippen LogP) is 2.86. The highest BCUT2D eigenvalue weighted by Gasteiger charge is 2.21. The van der Waals surface area contributed by atoms with Crippen LogP contribution < -0.4 is 5.56 Å². The number of para-hydroxylation sites is 2. The lowest BCUT2D eigenvalue weighted by Crippen LogP contribution is -2.21. The molecule has 5 nitrogen and oxygen atoms in total. The van der Waals surface area contributed by atoms with E-state index in [1.807, 2.05) is 48.5 Å². The molecular weight excluding hydrogens is 304 g/mol. The predicted molar refractivity (Wildman–Crippen MR) is 92.0 cm³/mol. The Balaban J connectivity index is 2.24. The molecule has 0 saturated carbocycles. The quantitative estimate of drug-likeness (QED) is 0.785. The van der Waals surface area contributed by atoms with Crippen LogP contribution in [-0.2, 0) is 11.2 Å². The molecule has 24 heavy (non-hydrogen) atoms. The summed E-state index contributed by atoms with van der Waals surface area (Å²) in [6.07, 6.45) is 0.434. The van der Waals surface area contributed by atoms with Gasteiger partial charge in [-0.05, 0) is 37.6 Å². The van der Waals surface area contributed by atoms with Gasteiger partial charge in [0.1, 0.15) is 5.78 Å². The molecule has 5 heteroatoms. The lowest BCUT2D eigenvalue weighted by Gasteiger charge is -2.12. The first kappa shape index (κ1) is 15.8. The van der Waals surface area contributed by atoms with Gasteiger partial charge in [-0.2, -0.15) is 0 Å². The monoisotopic (exact) mass is 322 g/mol. The molecule has 122 valence electrons. The maximum atomic E-state index is 12.9. The normalized spacial score (nSPS) is 10.7. The van der Waals surface area contributed by atoms with Crippen molar-refractivity contribution in [2.24, 2.45) is 0 Å². The molecule has 3 aromatic rings. The minimum Gasteiger partial charge on any atom is -0.493 e. The van der Waals surface area contributed by atoms with Gasteiger partial charge in [0, 0.05) is 6.42 Å². The standard InChI is InChI=1S/C19H18N2O3/c1-14(22)12-13-17-18(23)20(15-8-4-2-5-9-15)21(19(17)24)16-10-6-3-7-11-16/h2-11,23H,12-13H2,1H3. The van der Waals surface area contributed by atoms with Gasteiger partial charge in [0.05, 0.1) is 16.9 Å². The fourth-order valence-electron chi connectivity index (χ4n) is 2.67. The number of carbonyl (C=O) groups excluding carboxylic acids is 1. The third-order valence-electron chi connectivity index (χ3n) is 3.85. The summed E-state index contributed by atoms with van der Waals surface area (Å²) in [5.41, 5.74) is 1.25. The van der Waals surface area contributed by atoms with E-state index in [0.717, 1.165) is 0 Å². The molecule has 2 aromatic carbocycles. The number of aromatic nitrogens is 2. The third-order valence-corrected chi connectivity index (χ3v) is 3.85. The molecule has 1 N–H and O–H groups in total. The van der Waals surface area contributed by atoms with Crippen LogP contribution in [-0.4, -0.2) is 20.3 Å². The van der Waals surface area contributed by atoms with Crippen LogP contribution in [0.1, 0.15) is 18.9 Å². The average Bonchev–Trinajstić information content (AvgIpc) is 2.85. The van der Waals surface area contributed by atoms with Crippen molar-refractivity contribution in [1.29, 1.82) is 0 Å². The highest BCUT2D eigenvalue weighted by molar-refractivity contribution is 5.75. The van der Waals surface area contributed by atoms with E-state index in [9.17, 15) is 14.7 Å². The average molecular weight is 322 g/mol. The molecule has 3 rings (SSSR count). The van der Waals surface area contributed by atoms with Gasteiger partial charge in [-0.1, -0.05) is 36.4 Å². The van der Waals surface area contributed by atoms with E-state index in [4.69, 9.17) is 0 Å². The SMILES string of the molecule is CC(=O)CCc1c(O)n(-c2ccccc2)n(-c2ccccc2)c1=O. The molecule has 1 heterocycles. The highest BCUT2D eigenvalue weighted by Crippen LogP contribution is 2.23. The van der Waals surface area contributed by atoms with Crippen molar-refractivity contribution in [2.75, 3.05) is 0 Å². The maximum Gasteiger partial charge on any atom is 0.278 e. The highest BCUT2D eigenvalue weighted by atomic mass is 16.3. The van der Waals surface area contributed by atoms with E-state index in [1.165, 1.54) is 16.3 Å². The Kier molecular flexibility index (Phi) is 4.33. The number of Topliss-reactive ketones (excluding diaryl/α,β-unsaturated/α-hetero) is 1. The number of nitrogens with zero attached hydrogens (tertiary/aromatic N) is 2. The number of hydrogen-bond donors (Lipinski definition) is 1. The Morgan fingerprint density at radius 1 is 0.917 bits per heavy atom. The van der Waals surface area contributed by atoms with Crippen molar-refractivity contribution in [3.8, 4) is 17.3 Å². The Morgan fingerprint density at radius 3 is 1.92 bits per heavy atom. The van der Waals surface area contributed by atoms with Crippen molar-refractivity contribution in [1.82, 2.24) is 9.36 Å². The minimum absolute atomic E-state index is 0.0208. The molecule has 0 amide bonds. The van der Waals surface area contributed by atoms with E-state index in [-0.39, 0.29) is 35.6 Å². The Bertz CT molecular complexity index is 909. The third kappa shape index (κ3) is 2.88. The van der Waals surface area contributed by atoms with Gasteiger partial charge >= 0.3 is 0 Å². The van der Waals surface area contributed by atoms with Gasteiger partial charge in [0.15, 0.2) is 0 Å². The fraction of sp³-hybridized carbons (Fsp3) is 0.158. The van der Waals surface area contributed by atoms with Crippen LogP contribution in [0, 0.1) is 0 Å². The van der Waals surface area contributed by atoms with E-state index in [0.29, 0.717) is 11.4 Å². The number of benzene rings is 2. The van der Waals surface area contributed by atoms with Crippen molar-refractivity contribution < 1.29 is 9.90 Å². The number of carbonyl (C=O) groups is 1. The molecule has 0 fully saturated rings. The number of ketones is 1. The fourth-order valence-corrected chi connectivity index (χ4v) is 2.67. The first-order valence-electron chi connectivity index (χ1n) is 7.75. The number of hydrogen-bond acceptors (Lipinski definition) is 3. The van der Waals surface area contributed by atoms with Gasteiger partial charge in [-0.3, -0.25) is 4.79 Å². The van der Waals surface area contributed by atoms with Crippen LogP contribution in [0.4, 0.5) is 0 Å². The summed E-state index contributed by atoms with van der Waals surface area (Å²) in [5.74, 6) is -0.149. The molecule has 0 saturated heterocycles. The molecule has 0 bridgehead atoms. The minimum atomic E-state index is -0.316. The molecule has 0 aliphatic heterocycles. The summed E-state index contributed by atoms with van der Waals surface area (Å²) in [6.45, 7) is 1.47. The van der Waals surface area contributed by atoms with Crippen LogP contribution in [0.5, 0.6) is 5.88 Å². The van der Waals surface area contributed by atoms with Crippen LogP contribution in [0.2, 0.25) is 0 Å². The summed E-state index contributed by atoms with van der Waals surface area (Å²) in [4.78, 5) is 24.1. The van der Waals surface area contributed by atoms with Gasteiger partial charge in [-0.25, -0.2) is 9.36 Å². The van der Waals surface area contributed by atoms with Crippen LogP contribution >= 0.6 is 0 Å². The molecule has 0 radical (unpaired) electrons. The molecular formula is C19H18N2O3. The van der Waals surface area contributed by atoms with E-state index in [2.05, 4.69) is 0 Å². The van der Waals surface area contributed by atoms with Crippen molar-refractivity contribution in [2.45, 2.75) is 19.8 Å². The summed E-state index contributed by atoms with van der Waals surface area (Å²) in [7, 11) is 0. The first-order chi connectivity index (χ1) is 11.6. The lowest BCUT2D eigenvalue weighted by atomic mass is 10.1. The largest absolute Gasteiger partial charge is 0.493 e. The molecule has 0 aliphatic carbocycles. The Labute approximate surface area is 139 Å². The second-order valence-electron chi connectivity index (χ2n) is 5.60. The second kappa shape index (κ2) is 6.58. The summed E-state index contributed by atoms with van der Waals surface area (Å²) in [6, 6.07) is 18.3. The molecule has 0 aliphatic rings. The van der Waals surface area contributed by atoms with Crippen LogP contribution in [0.25, 0.3) is 11.4 Å². The van der Waals surface area contributed by atoms with Crippen molar-refractivity contribution in [3.05, 3.63) is 76.6 Å². The number of rotatable bonds is 5. The number of aromatic hydroxyl groups is 1. The van der Waals surface area contributed by atoms with E-state index in [1.54, 1.807) is 12.1 Å². The van der Waals surface area contributed by atoms with Crippen molar-refractivity contribution in [3.63, 3.8) is 0 Å². The van der Waals surface area contributed by atoms with Gasteiger partial charge in [0.2, 0.25) is 5.88 Å². The topological polar surface area (TPSA) is 64.2 Å². The van der Waals surface area contributed by atoms with Crippen molar-refractivity contribution >= 4 is 5.78 Å². The molecule has 1 aromatic heterocycles. The first-order valence-corrected chi connectivity index (χ1v) is 7.75. The zero-order valence-electron chi connectivity index (χ0n) is 13.3. The molecule has 0 unspecified atom stereocenters. The summed E-state index contributed by atoms with van der Waals surface area (Å²) >= 11 is 0. The molecule has 0 atom stereocenters. The lowest BCUT2D eigenvalue weighted by molar-refractivity contribution is -0.116. The van der Waals surface area contributed by atoms with E-state index < -0.39 is 0 Å². The van der Waals surface area contributed by atoms with E-state index >= 15 is 0 Å². The summed E-state index contributed by atoms with van der Waals surface area (Å²) in [5, 5.41) is 10.6. The second-order valence-corrected chi connectivity index (χ2v) is 5.60. The van der Waals surface area contributed by atoms with Gasteiger partial charge in [-0.15, -0.1) is 0 Å². The van der Waals surface area contributed by atoms with Gasteiger partial charge < -0.3 is 9.90 Å².